The molecular formula is C31H32F2N4O3S. The lowest BCUT2D eigenvalue weighted by Gasteiger charge is -2.44. The molecule has 0 spiro atoms. The minimum absolute atomic E-state index is 0.0118. The summed E-state index contributed by atoms with van der Waals surface area (Å²) in [6.07, 6.45) is 5.04. The van der Waals surface area contributed by atoms with Crippen molar-refractivity contribution in [1.82, 2.24) is 20.3 Å². The van der Waals surface area contributed by atoms with Crippen molar-refractivity contribution in [2.75, 3.05) is 0 Å². The summed E-state index contributed by atoms with van der Waals surface area (Å²) < 4.78 is 37.7. The van der Waals surface area contributed by atoms with Gasteiger partial charge in [-0.25, -0.2) is 9.97 Å². The molecule has 214 valence electrons. The van der Waals surface area contributed by atoms with Crippen LogP contribution in [0.4, 0.5) is 8.78 Å². The molecule has 0 aliphatic carbocycles. The lowest BCUT2D eigenvalue weighted by molar-refractivity contribution is -0.182. The SMILES string of the molecule is CC1(C)CC(Oc2ccc(-c3ccc4cnc(CNC(=O)c5cccc(SC(F)F)c5)cc4n3)cn2)CC(C)(C)O1. The van der Waals surface area contributed by atoms with Crippen LogP contribution in [0.2, 0.25) is 0 Å². The molecule has 3 aromatic heterocycles. The Labute approximate surface area is 242 Å². The van der Waals surface area contributed by atoms with Crippen LogP contribution >= 0.6 is 11.8 Å². The van der Waals surface area contributed by atoms with Gasteiger partial charge in [0.05, 0.1) is 34.7 Å². The van der Waals surface area contributed by atoms with Crippen molar-refractivity contribution in [2.24, 2.45) is 0 Å². The minimum atomic E-state index is -2.55. The van der Waals surface area contributed by atoms with Crippen LogP contribution < -0.4 is 10.1 Å². The molecule has 1 fully saturated rings. The molecule has 1 aliphatic heterocycles. The Balaban J connectivity index is 1.25. The average Bonchev–Trinajstić information content (AvgIpc) is 2.89. The molecule has 0 unspecified atom stereocenters. The first-order valence-corrected chi connectivity index (χ1v) is 14.2. The molecule has 1 amide bonds. The molecule has 0 atom stereocenters. The van der Waals surface area contributed by atoms with Crippen LogP contribution in [0.25, 0.3) is 22.2 Å². The normalized spacial score (nSPS) is 16.6. The number of halogens is 2. The third-order valence-electron chi connectivity index (χ3n) is 6.69. The predicted molar refractivity (Wildman–Crippen MR) is 155 cm³/mol. The maximum absolute atomic E-state index is 12.7. The molecule has 1 saturated heterocycles. The third kappa shape index (κ3) is 7.56. The molecule has 1 aromatic carbocycles. The summed E-state index contributed by atoms with van der Waals surface area (Å²) in [4.78, 5) is 26.7. The second-order valence-electron chi connectivity index (χ2n) is 11.3. The molecular weight excluding hydrogens is 546 g/mol. The molecule has 4 heterocycles. The first kappa shape index (κ1) is 28.9. The van der Waals surface area contributed by atoms with Gasteiger partial charge in [0.25, 0.3) is 11.7 Å². The Morgan fingerprint density at radius 1 is 1.05 bits per heavy atom. The van der Waals surface area contributed by atoms with Crippen LogP contribution in [0.5, 0.6) is 5.88 Å². The van der Waals surface area contributed by atoms with Gasteiger partial charge in [-0.2, -0.15) is 8.78 Å². The molecule has 7 nitrogen and oxygen atoms in total. The van der Waals surface area contributed by atoms with Gasteiger partial charge in [-0.3, -0.25) is 9.78 Å². The first-order chi connectivity index (χ1) is 19.4. The van der Waals surface area contributed by atoms with E-state index in [1.54, 1.807) is 30.6 Å². The number of rotatable bonds is 8. The highest BCUT2D eigenvalue weighted by Gasteiger charge is 2.40. The van der Waals surface area contributed by atoms with Gasteiger partial charge in [-0.1, -0.05) is 17.8 Å². The zero-order valence-corrected chi connectivity index (χ0v) is 24.2. The summed E-state index contributed by atoms with van der Waals surface area (Å²) in [7, 11) is 0. The van der Waals surface area contributed by atoms with Gasteiger partial charge < -0.3 is 14.8 Å². The van der Waals surface area contributed by atoms with E-state index >= 15 is 0 Å². The van der Waals surface area contributed by atoms with E-state index in [1.165, 1.54) is 6.07 Å². The maximum atomic E-state index is 12.7. The van der Waals surface area contributed by atoms with Crippen molar-refractivity contribution in [3.63, 3.8) is 0 Å². The highest BCUT2D eigenvalue weighted by atomic mass is 32.2. The standard InChI is InChI=1S/C31H32F2N4O3S/c1-30(2)14-23(15-31(3,4)40-30)39-27-11-9-20(17-35-27)25-10-8-21-16-34-22(13-26(21)37-25)18-36-28(38)19-6-5-7-24(12-19)41-29(32)33/h5-13,16-17,23,29H,14-15,18H2,1-4H3,(H,36,38). The first-order valence-electron chi connectivity index (χ1n) is 13.4. The quantitative estimate of drug-likeness (QED) is 0.224. The molecule has 41 heavy (non-hydrogen) atoms. The lowest BCUT2D eigenvalue weighted by Crippen LogP contribution is -2.49. The van der Waals surface area contributed by atoms with Gasteiger partial charge in [-0.15, -0.1) is 0 Å². The van der Waals surface area contributed by atoms with E-state index in [0.29, 0.717) is 33.8 Å². The number of nitrogens with one attached hydrogen (secondary N) is 1. The predicted octanol–water partition coefficient (Wildman–Crippen LogP) is 7.05. The fourth-order valence-electron chi connectivity index (χ4n) is 5.26. The van der Waals surface area contributed by atoms with Gasteiger partial charge in [-0.05, 0) is 70.2 Å². The van der Waals surface area contributed by atoms with E-state index in [9.17, 15) is 13.6 Å². The fourth-order valence-corrected chi connectivity index (χ4v) is 5.82. The highest BCUT2D eigenvalue weighted by Crippen LogP contribution is 2.36. The van der Waals surface area contributed by atoms with Crippen LogP contribution in [0.15, 0.2) is 71.9 Å². The van der Waals surface area contributed by atoms with Crippen molar-refractivity contribution in [3.05, 3.63) is 78.2 Å². The molecule has 0 radical (unpaired) electrons. The molecule has 1 N–H and O–H groups in total. The number of nitrogens with zero attached hydrogens (tertiary/aromatic N) is 3. The van der Waals surface area contributed by atoms with Crippen molar-refractivity contribution < 1.29 is 23.0 Å². The zero-order chi connectivity index (χ0) is 29.2. The van der Waals surface area contributed by atoms with E-state index in [2.05, 4.69) is 43.0 Å². The van der Waals surface area contributed by atoms with Crippen LogP contribution in [-0.4, -0.2) is 43.9 Å². The van der Waals surface area contributed by atoms with Gasteiger partial charge in [0.1, 0.15) is 6.10 Å². The van der Waals surface area contributed by atoms with Crippen LogP contribution in [0, 0.1) is 0 Å². The van der Waals surface area contributed by atoms with Gasteiger partial charge in [0.15, 0.2) is 0 Å². The smallest absolute Gasteiger partial charge is 0.288 e. The van der Waals surface area contributed by atoms with E-state index in [-0.39, 0.29) is 29.8 Å². The van der Waals surface area contributed by atoms with E-state index < -0.39 is 5.76 Å². The second-order valence-corrected chi connectivity index (χ2v) is 12.4. The maximum Gasteiger partial charge on any atom is 0.288 e. The van der Waals surface area contributed by atoms with Crippen LogP contribution in [-0.2, 0) is 11.3 Å². The van der Waals surface area contributed by atoms with Crippen LogP contribution in [0.1, 0.15) is 56.6 Å². The lowest BCUT2D eigenvalue weighted by atomic mass is 9.87. The number of ether oxygens (including phenoxy) is 2. The molecule has 10 heteroatoms. The van der Waals surface area contributed by atoms with Crippen molar-refractivity contribution in [2.45, 2.75) is 75.0 Å². The van der Waals surface area contributed by atoms with Gasteiger partial charge in [0.2, 0.25) is 5.88 Å². The van der Waals surface area contributed by atoms with Crippen molar-refractivity contribution in [1.29, 1.82) is 0 Å². The summed E-state index contributed by atoms with van der Waals surface area (Å²) in [5.41, 5.74) is 2.72. The monoisotopic (exact) mass is 578 g/mol. The fraction of sp³-hybridized carbons (Fsp3) is 0.355. The number of fused-ring (bicyclic) bond motifs is 1. The molecule has 0 saturated carbocycles. The number of amides is 1. The largest absolute Gasteiger partial charge is 0.474 e. The Hall–Kier alpha value is -3.63. The molecule has 4 aromatic rings. The van der Waals surface area contributed by atoms with E-state index in [1.807, 2.05) is 30.3 Å². The summed E-state index contributed by atoms with van der Waals surface area (Å²) in [6.45, 7) is 8.49. The Morgan fingerprint density at radius 3 is 2.54 bits per heavy atom. The van der Waals surface area contributed by atoms with Crippen molar-refractivity contribution in [3.8, 4) is 17.1 Å². The van der Waals surface area contributed by atoms with Gasteiger partial charge >= 0.3 is 0 Å². The Kier molecular flexibility index (Phi) is 8.24. The number of hydrogen-bond acceptors (Lipinski definition) is 7. The highest BCUT2D eigenvalue weighted by molar-refractivity contribution is 7.99. The number of benzene rings is 1. The van der Waals surface area contributed by atoms with Crippen LogP contribution in [0.3, 0.4) is 0 Å². The number of carbonyl (C=O) groups is 1. The summed E-state index contributed by atoms with van der Waals surface area (Å²) >= 11 is 0.404. The third-order valence-corrected chi connectivity index (χ3v) is 7.40. The molecule has 1 aliphatic rings. The number of thioether (sulfide) groups is 1. The number of aromatic nitrogens is 3. The number of carbonyl (C=O) groups excluding carboxylic acids is 1. The topological polar surface area (TPSA) is 86.2 Å². The van der Waals surface area contributed by atoms with Gasteiger partial charge in [0, 0.05) is 52.7 Å². The summed E-state index contributed by atoms with van der Waals surface area (Å²) in [6, 6.07) is 15.6. The van der Waals surface area contributed by atoms with E-state index in [4.69, 9.17) is 14.5 Å². The number of alkyl halides is 2. The number of hydrogen-bond donors (Lipinski definition) is 1. The summed E-state index contributed by atoms with van der Waals surface area (Å²) in [5, 5.41) is 3.66. The zero-order valence-electron chi connectivity index (χ0n) is 23.4. The summed E-state index contributed by atoms with van der Waals surface area (Å²) in [5.74, 6) is -2.35. The average molecular weight is 579 g/mol. The Bertz CT molecular complexity index is 1530. The Morgan fingerprint density at radius 2 is 1.83 bits per heavy atom. The number of pyridine rings is 3. The second kappa shape index (κ2) is 11.7. The minimum Gasteiger partial charge on any atom is -0.474 e. The molecule has 0 bridgehead atoms. The van der Waals surface area contributed by atoms with E-state index in [0.717, 1.165) is 35.0 Å². The molecule has 5 rings (SSSR count). The van der Waals surface area contributed by atoms with Crippen molar-refractivity contribution >= 4 is 28.6 Å².